The largest absolute Gasteiger partial charge is 0.456 e. The maximum Gasteiger partial charge on any atom is 0.338 e. The summed E-state index contributed by atoms with van der Waals surface area (Å²) in [6.45, 7) is 0.139. The van der Waals surface area contributed by atoms with E-state index in [0.29, 0.717) is 16.9 Å². The number of esters is 1. The molecule has 0 aliphatic rings. The van der Waals surface area contributed by atoms with Crippen molar-refractivity contribution in [3.63, 3.8) is 0 Å². The topological polar surface area (TPSA) is 69.6 Å². The Bertz CT molecular complexity index is 732. The predicted molar refractivity (Wildman–Crippen MR) is 80.7 cm³/mol. The van der Waals surface area contributed by atoms with Crippen LogP contribution in [0.15, 0.2) is 40.4 Å². The molecule has 0 fully saturated rings. The van der Waals surface area contributed by atoms with E-state index in [2.05, 4.69) is 20.9 Å². The number of nitrogen functional groups attached to an aromatic ring is 1. The van der Waals surface area contributed by atoms with Crippen LogP contribution in [0.1, 0.15) is 16.1 Å². The maximum atomic E-state index is 11.9. The van der Waals surface area contributed by atoms with Gasteiger partial charge in [0, 0.05) is 27.9 Å². The highest BCUT2D eigenvalue weighted by atomic mass is 79.9. The molecular weight excluding hydrogens is 342 g/mol. The average molecular weight is 352 g/mol. The Hall–Kier alpha value is -1.86. The summed E-state index contributed by atoms with van der Waals surface area (Å²) in [7, 11) is 0. The third-order valence-electron chi connectivity index (χ3n) is 2.65. The number of anilines is 1. The number of nitrogens with zero attached hydrogens (tertiary/aromatic N) is 2. The Morgan fingerprint density at radius 1 is 1.45 bits per heavy atom. The number of carbonyl (C=O) groups is 1. The van der Waals surface area contributed by atoms with Gasteiger partial charge in [-0.05, 0) is 18.2 Å². The fourth-order valence-corrected chi connectivity index (χ4v) is 3.03. The van der Waals surface area contributed by atoms with Crippen LogP contribution in [0.5, 0.6) is 0 Å². The quantitative estimate of drug-likeness (QED) is 0.581. The number of carbonyl (C=O) groups excluding carboxylic acids is 1. The fraction of sp³-hybridized carbons (Fsp3) is 0.0769. The van der Waals surface area contributed by atoms with Crippen molar-refractivity contribution in [2.75, 3.05) is 5.73 Å². The molecule has 0 amide bonds. The lowest BCUT2D eigenvalue weighted by Crippen LogP contribution is -2.06. The van der Waals surface area contributed by atoms with Crippen LogP contribution in [-0.4, -0.2) is 15.4 Å². The molecule has 0 atom stereocenters. The SMILES string of the molecule is Nc1cc(Br)cc(C(=O)OCc2cn3ccsc3n2)c1. The van der Waals surface area contributed by atoms with Gasteiger partial charge in [0.25, 0.3) is 0 Å². The summed E-state index contributed by atoms with van der Waals surface area (Å²) < 4.78 is 7.87. The Morgan fingerprint density at radius 2 is 2.30 bits per heavy atom. The van der Waals surface area contributed by atoms with E-state index in [-0.39, 0.29) is 6.61 Å². The zero-order chi connectivity index (χ0) is 14.1. The normalized spacial score (nSPS) is 10.8. The third-order valence-corrected chi connectivity index (χ3v) is 3.88. The number of aromatic nitrogens is 2. The van der Waals surface area contributed by atoms with Crippen molar-refractivity contribution in [2.45, 2.75) is 6.61 Å². The first-order valence-corrected chi connectivity index (χ1v) is 7.43. The standard InChI is InChI=1S/C13H10BrN3O2S/c14-9-3-8(4-10(15)5-9)12(18)19-7-11-6-17-1-2-20-13(17)16-11/h1-6H,7,15H2. The molecule has 0 saturated heterocycles. The molecule has 2 heterocycles. The van der Waals surface area contributed by atoms with Crippen LogP contribution < -0.4 is 5.73 Å². The molecule has 5 nitrogen and oxygen atoms in total. The van der Waals surface area contributed by atoms with Gasteiger partial charge in [0.2, 0.25) is 0 Å². The lowest BCUT2D eigenvalue weighted by atomic mass is 10.2. The molecule has 0 bridgehead atoms. The average Bonchev–Trinajstić information content (AvgIpc) is 2.95. The van der Waals surface area contributed by atoms with Crippen molar-refractivity contribution in [1.29, 1.82) is 0 Å². The smallest absolute Gasteiger partial charge is 0.338 e. The second-order valence-electron chi connectivity index (χ2n) is 4.17. The van der Waals surface area contributed by atoms with Crippen molar-refractivity contribution in [3.05, 3.63) is 51.7 Å². The van der Waals surface area contributed by atoms with Gasteiger partial charge in [-0.25, -0.2) is 9.78 Å². The molecule has 0 unspecified atom stereocenters. The molecule has 1 aromatic carbocycles. The van der Waals surface area contributed by atoms with Gasteiger partial charge < -0.3 is 10.5 Å². The summed E-state index contributed by atoms with van der Waals surface area (Å²) in [5, 5.41) is 1.95. The zero-order valence-electron chi connectivity index (χ0n) is 10.2. The number of hydrogen-bond acceptors (Lipinski definition) is 5. The molecule has 0 spiro atoms. The molecule has 0 radical (unpaired) electrons. The minimum atomic E-state index is -0.422. The molecule has 3 rings (SSSR count). The Morgan fingerprint density at radius 3 is 3.05 bits per heavy atom. The summed E-state index contributed by atoms with van der Waals surface area (Å²) >= 11 is 4.82. The first-order valence-electron chi connectivity index (χ1n) is 5.76. The third kappa shape index (κ3) is 2.68. The van der Waals surface area contributed by atoms with Crippen LogP contribution in [-0.2, 0) is 11.3 Å². The highest BCUT2D eigenvalue weighted by Crippen LogP contribution is 2.18. The molecule has 2 aromatic heterocycles. The van der Waals surface area contributed by atoms with E-state index in [9.17, 15) is 4.79 Å². The van der Waals surface area contributed by atoms with E-state index in [1.54, 1.807) is 18.2 Å². The highest BCUT2D eigenvalue weighted by molar-refractivity contribution is 9.10. The van der Waals surface area contributed by atoms with E-state index in [1.807, 2.05) is 22.2 Å². The van der Waals surface area contributed by atoms with Gasteiger partial charge in [0.15, 0.2) is 4.96 Å². The molecule has 0 saturated carbocycles. The van der Waals surface area contributed by atoms with Crippen molar-refractivity contribution >= 4 is 43.9 Å². The first-order chi connectivity index (χ1) is 9.61. The Balaban J connectivity index is 1.71. The van der Waals surface area contributed by atoms with Gasteiger partial charge in [-0.2, -0.15) is 0 Å². The number of benzene rings is 1. The lowest BCUT2D eigenvalue weighted by Gasteiger charge is -2.04. The van der Waals surface area contributed by atoms with Crippen LogP contribution in [0.25, 0.3) is 4.96 Å². The number of nitrogens with two attached hydrogens (primary N) is 1. The summed E-state index contributed by atoms with van der Waals surface area (Å²) in [6.07, 6.45) is 3.75. The van der Waals surface area contributed by atoms with Gasteiger partial charge in [-0.3, -0.25) is 4.40 Å². The predicted octanol–water partition coefficient (Wildman–Crippen LogP) is 3.10. The second kappa shape index (κ2) is 5.26. The molecule has 102 valence electrons. The van der Waals surface area contributed by atoms with Crippen molar-refractivity contribution in [1.82, 2.24) is 9.38 Å². The van der Waals surface area contributed by atoms with Gasteiger partial charge in [0.05, 0.1) is 11.3 Å². The van der Waals surface area contributed by atoms with Crippen LogP contribution in [0.4, 0.5) is 5.69 Å². The fourth-order valence-electron chi connectivity index (χ4n) is 1.80. The lowest BCUT2D eigenvalue weighted by molar-refractivity contribution is 0.0468. The molecule has 0 aliphatic heterocycles. The van der Waals surface area contributed by atoms with Crippen LogP contribution >= 0.6 is 27.3 Å². The number of imidazole rings is 1. The van der Waals surface area contributed by atoms with Crippen molar-refractivity contribution in [2.24, 2.45) is 0 Å². The van der Waals surface area contributed by atoms with E-state index in [4.69, 9.17) is 10.5 Å². The molecule has 3 aromatic rings. The van der Waals surface area contributed by atoms with Gasteiger partial charge in [0.1, 0.15) is 6.61 Å². The zero-order valence-corrected chi connectivity index (χ0v) is 12.6. The Labute approximate surface area is 127 Å². The van der Waals surface area contributed by atoms with Gasteiger partial charge >= 0.3 is 5.97 Å². The van der Waals surface area contributed by atoms with E-state index >= 15 is 0 Å². The van der Waals surface area contributed by atoms with E-state index < -0.39 is 5.97 Å². The second-order valence-corrected chi connectivity index (χ2v) is 5.96. The number of fused-ring (bicyclic) bond motifs is 1. The highest BCUT2D eigenvalue weighted by Gasteiger charge is 2.11. The van der Waals surface area contributed by atoms with Gasteiger partial charge in [-0.15, -0.1) is 11.3 Å². The molecular formula is C13H10BrN3O2S. The Kier molecular flexibility index (Phi) is 3.45. The van der Waals surface area contributed by atoms with Crippen LogP contribution in [0.2, 0.25) is 0 Å². The number of rotatable bonds is 3. The minimum absolute atomic E-state index is 0.139. The molecule has 20 heavy (non-hydrogen) atoms. The van der Waals surface area contributed by atoms with Crippen molar-refractivity contribution in [3.8, 4) is 0 Å². The molecule has 2 N–H and O–H groups in total. The van der Waals surface area contributed by atoms with Crippen LogP contribution in [0.3, 0.4) is 0 Å². The van der Waals surface area contributed by atoms with Crippen molar-refractivity contribution < 1.29 is 9.53 Å². The summed E-state index contributed by atoms with van der Waals surface area (Å²) in [6, 6.07) is 4.98. The maximum absolute atomic E-state index is 11.9. The summed E-state index contributed by atoms with van der Waals surface area (Å²) in [5.74, 6) is -0.422. The van der Waals surface area contributed by atoms with Gasteiger partial charge in [-0.1, -0.05) is 15.9 Å². The molecule has 7 heteroatoms. The minimum Gasteiger partial charge on any atom is -0.456 e. The molecule has 0 aliphatic carbocycles. The number of hydrogen-bond donors (Lipinski definition) is 1. The summed E-state index contributed by atoms with van der Waals surface area (Å²) in [4.78, 5) is 17.2. The van der Waals surface area contributed by atoms with E-state index in [1.165, 1.54) is 11.3 Å². The number of ether oxygens (including phenoxy) is 1. The van der Waals surface area contributed by atoms with Crippen LogP contribution in [0, 0.1) is 0 Å². The first kappa shape index (κ1) is 13.1. The number of halogens is 1. The van der Waals surface area contributed by atoms with E-state index in [0.717, 1.165) is 9.43 Å². The number of thiazole rings is 1. The summed E-state index contributed by atoms with van der Waals surface area (Å²) in [5.41, 5.74) is 7.33. The monoisotopic (exact) mass is 351 g/mol.